The largest absolute Gasteiger partial charge is 0.355 e. The molecule has 1 saturated heterocycles. The molecule has 0 unspecified atom stereocenters. The zero-order valence-electron chi connectivity index (χ0n) is 16.6. The second-order valence-corrected chi connectivity index (χ2v) is 8.15. The van der Waals surface area contributed by atoms with Gasteiger partial charge in [-0.05, 0) is 37.8 Å². The number of likely N-dealkylation sites (tertiary alicyclic amines) is 1. The van der Waals surface area contributed by atoms with Gasteiger partial charge in [0, 0.05) is 25.6 Å². The number of unbranched alkanes of at least 4 members (excludes halogenated alkanes) is 2. The van der Waals surface area contributed by atoms with Crippen LogP contribution in [0.2, 0.25) is 0 Å². The highest BCUT2D eigenvalue weighted by molar-refractivity contribution is 6.08. The van der Waals surface area contributed by atoms with Crippen LogP contribution in [0, 0.1) is 5.41 Å². The van der Waals surface area contributed by atoms with Gasteiger partial charge in [0.1, 0.15) is 12.4 Å². The Morgan fingerprint density at radius 2 is 1.93 bits per heavy atom. The molecule has 2 fully saturated rings. The van der Waals surface area contributed by atoms with Gasteiger partial charge in [-0.1, -0.05) is 25.3 Å². The highest BCUT2D eigenvalue weighted by atomic mass is 16.2. The average molecular weight is 397 g/mol. The van der Waals surface area contributed by atoms with Gasteiger partial charge in [0.05, 0.1) is 5.41 Å². The van der Waals surface area contributed by atoms with Crippen LogP contribution in [0.25, 0.3) is 5.65 Å². The van der Waals surface area contributed by atoms with E-state index < -0.39 is 5.41 Å². The van der Waals surface area contributed by atoms with Gasteiger partial charge < -0.3 is 5.32 Å². The van der Waals surface area contributed by atoms with Gasteiger partial charge in [-0.15, -0.1) is 10.2 Å². The van der Waals surface area contributed by atoms with Crippen molar-refractivity contribution in [3.63, 3.8) is 0 Å². The normalized spacial score (nSPS) is 18.3. The molecule has 2 aliphatic rings. The molecule has 4 rings (SSSR count). The highest BCUT2D eigenvalue weighted by Crippen LogP contribution is 2.46. The summed E-state index contributed by atoms with van der Waals surface area (Å²) < 4.78 is 1.99. The SMILES string of the molecule is O=C(CN1C(=O)CC2(CCCC2)C1=O)NCCCCCc1nnc2ccccn12. The molecule has 2 aromatic heterocycles. The van der Waals surface area contributed by atoms with Crippen molar-refractivity contribution in [1.29, 1.82) is 0 Å². The van der Waals surface area contributed by atoms with Crippen molar-refractivity contribution in [3.8, 4) is 0 Å². The molecule has 0 radical (unpaired) electrons. The van der Waals surface area contributed by atoms with E-state index in [0.717, 1.165) is 67.7 Å². The topological polar surface area (TPSA) is 96.7 Å². The van der Waals surface area contributed by atoms with Crippen LogP contribution in [0.15, 0.2) is 24.4 Å². The first-order chi connectivity index (χ1) is 14.1. The Bertz CT molecular complexity index is 916. The minimum atomic E-state index is -0.511. The number of carbonyl (C=O) groups excluding carboxylic acids is 3. The summed E-state index contributed by atoms with van der Waals surface area (Å²) in [6.07, 6.45) is 9.34. The Labute approximate surface area is 169 Å². The molecular weight excluding hydrogens is 370 g/mol. The number of hydrogen-bond acceptors (Lipinski definition) is 5. The van der Waals surface area contributed by atoms with E-state index in [0.29, 0.717) is 6.54 Å². The number of aryl methyl sites for hydroxylation is 1. The summed E-state index contributed by atoms with van der Waals surface area (Å²) in [5.74, 6) is 0.338. The molecule has 8 heteroatoms. The van der Waals surface area contributed by atoms with Crippen LogP contribution in [0.1, 0.15) is 57.2 Å². The van der Waals surface area contributed by atoms with Crippen LogP contribution in [-0.4, -0.2) is 50.3 Å². The number of amides is 3. The molecule has 0 aromatic carbocycles. The van der Waals surface area contributed by atoms with Crippen LogP contribution in [0.5, 0.6) is 0 Å². The van der Waals surface area contributed by atoms with Crippen LogP contribution in [-0.2, 0) is 20.8 Å². The predicted octanol–water partition coefficient (Wildman–Crippen LogP) is 1.88. The summed E-state index contributed by atoms with van der Waals surface area (Å²) in [4.78, 5) is 38.2. The molecule has 0 atom stereocenters. The zero-order chi connectivity index (χ0) is 20.3. The number of imide groups is 1. The summed E-state index contributed by atoms with van der Waals surface area (Å²) in [5.41, 5.74) is 0.337. The number of pyridine rings is 1. The van der Waals surface area contributed by atoms with E-state index in [4.69, 9.17) is 0 Å². The molecule has 1 saturated carbocycles. The monoisotopic (exact) mass is 397 g/mol. The number of fused-ring (bicyclic) bond motifs is 1. The van der Waals surface area contributed by atoms with Gasteiger partial charge in [-0.3, -0.25) is 23.7 Å². The number of rotatable bonds is 8. The molecule has 3 amide bonds. The molecule has 2 aromatic rings. The predicted molar refractivity (Wildman–Crippen MR) is 106 cm³/mol. The molecule has 1 aliphatic heterocycles. The quantitative estimate of drug-likeness (QED) is 0.542. The fourth-order valence-electron chi connectivity index (χ4n) is 4.54. The molecule has 1 N–H and O–H groups in total. The molecule has 3 heterocycles. The average Bonchev–Trinajstić information content (AvgIpc) is 3.41. The van der Waals surface area contributed by atoms with Crippen LogP contribution in [0.3, 0.4) is 0 Å². The summed E-state index contributed by atoms with van der Waals surface area (Å²) in [5, 5.41) is 11.2. The number of carbonyl (C=O) groups is 3. The third-order valence-corrected chi connectivity index (χ3v) is 6.14. The third-order valence-electron chi connectivity index (χ3n) is 6.14. The van der Waals surface area contributed by atoms with Crippen molar-refractivity contribution >= 4 is 23.4 Å². The molecule has 0 bridgehead atoms. The van der Waals surface area contributed by atoms with Gasteiger partial charge >= 0.3 is 0 Å². The van der Waals surface area contributed by atoms with Gasteiger partial charge in [-0.25, -0.2) is 0 Å². The van der Waals surface area contributed by atoms with Crippen molar-refractivity contribution in [3.05, 3.63) is 30.2 Å². The summed E-state index contributed by atoms with van der Waals surface area (Å²) >= 11 is 0. The Morgan fingerprint density at radius 1 is 1.10 bits per heavy atom. The molecule has 154 valence electrons. The molecule has 1 aliphatic carbocycles. The fourth-order valence-corrected chi connectivity index (χ4v) is 4.54. The lowest BCUT2D eigenvalue weighted by molar-refractivity contribution is -0.144. The number of nitrogens with one attached hydrogen (secondary N) is 1. The summed E-state index contributed by atoms with van der Waals surface area (Å²) in [7, 11) is 0. The van der Waals surface area contributed by atoms with Crippen molar-refractivity contribution in [2.75, 3.05) is 13.1 Å². The summed E-state index contributed by atoms with van der Waals surface area (Å²) in [6.45, 7) is 0.395. The first-order valence-corrected chi connectivity index (χ1v) is 10.5. The third kappa shape index (κ3) is 4.02. The van der Waals surface area contributed by atoms with E-state index in [1.54, 1.807) is 0 Å². The standard InChI is InChI=1S/C21H27N5O3/c27-18(15-26-19(28)14-21(20(26)29)10-4-5-11-21)22-12-6-1-2-8-16-23-24-17-9-3-7-13-25(16)17/h3,7,9,13H,1-2,4-6,8,10-12,14-15H2,(H,22,27). The zero-order valence-corrected chi connectivity index (χ0v) is 16.6. The molecule has 1 spiro atoms. The lowest BCUT2D eigenvalue weighted by Crippen LogP contribution is -2.42. The van der Waals surface area contributed by atoms with Crippen LogP contribution < -0.4 is 5.32 Å². The number of hydrogen-bond donors (Lipinski definition) is 1. The van der Waals surface area contributed by atoms with E-state index in [2.05, 4.69) is 15.5 Å². The van der Waals surface area contributed by atoms with E-state index >= 15 is 0 Å². The Balaban J connectivity index is 1.15. The lowest BCUT2D eigenvalue weighted by atomic mass is 9.84. The molecule has 29 heavy (non-hydrogen) atoms. The van der Waals surface area contributed by atoms with E-state index in [1.807, 2.05) is 28.8 Å². The minimum absolute atomic E-state index is 0.143. The van der Waals surface area contributed by atoms with Gasteiger partial charge in [-0.2, -0.15) is 0 Å². The van der Waals surface area contributed by atoms with Gasteiger partial charge in [0.2, 0.25) is 17.7 Å². The lowest BCUT2D eigenvalue weighted by Gasteiger charge is -2.20. The maximum absolute atomic E-state index is 12.6. The van der Waals surface area contributed by atoms with E-state index in [1.165, 1.54) is 0 Å². The second kappa shape index (κ2) is 8.31. The minimum Gasteiger partial charge on any atom is -0.355 e. The second-order valence-electron chi connectivity index (χ2n) is 8.15. The Kier molecular flexibility index (Phi) is 5.60. The fraction of sp³-hybridized carbons (Fsp3) is 0.571. The van der Waals surface area contributed by atoms with Crippen molar-refractivity contribution < 1.29 is 14.4 Å². The number of nitrogens with zero attached hydrogens (tertiary/aromatic N) is 4. The maximum Gasteiger partial charge on any atom is 0.240 e. The van der Waals surface area contributed by atoms with Crippen LogP contribution >= 0.6 is 0 Å². The Hall–Kier alpha value is -2.77. The Morgan fingerprint density at radius 3 is 2.76 bits per heavy atom. The summed E-state index contributed by atoms with van der Waals surface area (Å²) in [6, 6.07) is 5.82. The highest BCUT2D eigenvalue weighted by Gasteiger charge is 2.52. The smallest absolute Gasteiger partial charge is 0.240 e. The number of aromatic nitrogens is 3. The van der Waals surface area contributed by atoms with Crippen molar-refractivity contribution in [2.24, 2.45) is 5.41 Å². The van der Waals surface area contributed by atoms with Crippen molar-refractivity contribution in [1.82, 2.24) is 24.8 Å². The molecule has 8 nitrogen and oxygen atoms in total. The van der Waals surface area contributed by atoms with Gasteiger partial charge in [0.25, 0.3) is 0 Å². The van der Waals surface area contributed by atoms with E-state index in [-0.39, 0.29) is 30.7 Å². The maximum atomic E-state index is 12.6. The van der Waals surface area contributed by atoms with Crippen LogP contribution in [0.4, 0.5) is 0 Å². The van der Waals surface area contributed by atoms with E-state index in [9.17, 15) is 14.4 Å². The first-order valence-electron chi connectivity index (χ1n) is 10.5. The van der Waals surface area contributed by atoms with Crippen molar-refractivity contribution in [2.45, 2.75) is 57.8 Å². The van der Waals surface area contributed by atoms with Gasteiger partial charge in [0.15, 0.2) is 5.65 Å². The molecular formula is C21H27N5O3. The first kappa shape index (κ1) is 19.5.